The van der Waals surface area contributed by atoms with Crippen molar-refractivity contribution in [2.24, 2.45) is 0 Å². The third kappa shape index (κ3) is 5.98. The molecule has 0 unspecified atom stereocenters. The number of rotatable bonds is 7. The number of halogens is 2. The zero-order valence-electron chi connectivity index (χ0n) is 16.1. The molecule has 0 fully saturated rings. The van der Waals surface area contributed by atoms with Crippen molar-refractivity contribution in [3.05, 3.63) is 75.6 Å². The van der Waals surface area contributed by atoms with Crippen molar-refractivity contribution >= 4 is 67.8 Å². The predicted molar refractivity (Wildman–Crippen MR) is 124 cm³/mol. The topological polar surface area (TPSA) is 95.6 Å². The van der Waals surface area contributed by atoms with Crippen LogP contribution in [0.15, 0.2) is 64.2 Å². The number of carbonyl (C=O) groups excluding carboxylic acids is 2. The van der Waals surface area contributed by atoms with E-state index < -0.39 is 21.8 Å². The number of carbonyl (C=O) groups is 2. The lowest BCUT2D eigenvalue weighted by molar-refractivity contribution is -0.116. The molecule has 2 N–H and O–H groups in total. The number of likely N-dealkylation sites (N-methyl/N-ethyl adjacent to an activating group) is 1. The number of hydrogen-bond donors (Lipinski definition) is 2. The molecule has 0 spiro atoms. The van der Waals surface area contributed by atoms with E-state index in [1.807, 2.05) is 0 Å². The fourth-order valence-electron chi connectivity index (χ4n) is 2.62. The molecule has 0 radical (unpaired) electrons. The third-order valence-corrected chi connectivity index (χ3v) is 7.57. The van der Waals surface area contributed by atoms with Gasteiger partial charge in [0.2, 0.25) is 5.91 Å². The zero-order valence-corrected chi connectivity index (χ0v) is 19.3. The maximum atomic E-state index is 12.7. The molecule has 0 saturated heterocycles. The van der Waals surface area contributed by atoms with Crippen LogP contribution in [0.1, 0.15) is 10.4 Å². The molecule has 0 aliphatic rings. The van der Waals surface area contributed by atoms with Crippen molar-refractivity contribution in [1.29, 1.82) is 0 Å². The summed E-state index contributed by atoms with van der Waals surface area (Å²) in [7, 11) is -2.26. The standard InChI is InChI=1S/C20H17Cl2N3O4S2/c1-25(12-18(26)23-14-7-8-16(21)17(22)11-14)20(27)13-4-2-5-15(10-13)24-31(28,29)19-6-3-9-30-19/h2-11,24H,12H2,1H3,(H,23,26). The maximum absolute atomic E-state index is 12.7. The molecular weight excluding hydrogens is 481 g/mol. The van der Waals surface area contributed by atoms with Gasteiger partial charge in [-0.05, 0) is 47.8 Å². The molecule has 1 aromatic heterocycles. The van der Waals surface area contributed by atoms with E-state index in [0.717, 1.165) is 11.3 Å². The Morgan fingerprint density at radius 3 is 2.45 bits per heavy atom. The number of amides is 2. The summed E-state index contributed by atoms with van der Waals surface area (Å²) in [6, 6.07) is 13.8. The number of benzene rings is 2. The minimum atomic E-state index is -3.73. The van der Waals surface area contributed by atoms with E-state index in [2.05, 4.69) is 10.0 Å². The van der Waals surface area contributed by atoms with Crippen LogP contribution in [-0.2, 0) is 14.8 Å². The van der Waals surface area contributed by atoms with Crippen molar-refractivity contribution in [2.45, 2.75) is 4.21 Å². The molecule has 0 bridgehead atoms. The van der Waals surface area contributed by atoms with Crippen LogP contribution in [0.25, 0.3) is 0 Å². The number of nitrogens with one attached hydrogen (secondary N) is 2. The van der Waals surface area contributed by atoms with Crippen LogP contribution in [0.5, 0.6) is 0 Å². The van der Waals surface area contributed by atoms with Gasteiger partial charge in [0.05, 0.1) is 16.6 Å². The number of hydrogen-bond acceptors (Lipinski definition) is 5. The molecule has 3 aromatic rings. The monoisotopic (exact) mass is 497 g/mol. The molecular formula is C20H17Cl2N3O4S2. The second-order valence-corrected chi connectivity index (χ2v) is 10.1. The summed E-state index contributed by atoms with van der Waals surface area (Å²) in [6.07, 6.45) is 0. The van der Waals surface area contributed by atoms with E-state index in [0.29, 0.717) is 15.7 Å². The minimum Gasteiger partial charge on any atom is -0.332 e. The van der Waals surface area contributed by atoms with Crippen molar-refractivity contribution in [1.82, 2.24) is 4.90 Å². The van der Waals surface area contributed by atoms with Crippen LogP contribution >= 0.6 is 34.5 Å². The van der Waals surface area contributed by atoms with E-state index in [9.17, 15) is 18.0 Å². The highest BCUT2D eigenvalue weighted by molar-refractivity contribution is 7.94. The smallest absolute Gasteiger partial charge is 0.271 e. The lowest BCUT2D eigenvalue weighted by Crippen LogP contribution is -2.35. The summed E-state index contributed by atoms with van der Waals surface area (Å²) in [5.41, 5.74) is 0.925. The van der Waals surface area contributed by atoms with E-state index in [1.54, 1.807) is 41.8 Å². The van der Waals surface area contributed by atoms with Gasteiger partial charge in [0.15, 0.2) is 0 Å². The second-order valence-electron chi connectivity index (χ2n) is 6.46. The highest BCUT2D eigenvalue weighted by atomic mass is 35.5. The number of nitrogens with zero attached hydrogens (tertiary/aromatic N) is 1. The molecule has 0 aliphatic carbocycles. The molecule has 0 atom stereocenters. The Morgan fingerprint density at radius 1 is 1.00 bits per heavy atom. The van der Waals surface area contributed by atoms with Crippen LogP contribution in [-0.4, -0.2) is 38.7 Å². The fourth-order valence-corrected chi connectivity index (χ4v) is 4.96. The molecule has 0 saturated carbocycles. The summed E-state index contributed by atoms with van der Waals surface area (Å²) >= 11 is 12.9. The predicted octanol–water partition coefficient (Wildman–Crippen LogP) is 4.57. The lowest BCUT2D eigenvalue weighted by Gasteiger charge is -2.17. The third-order valence-electron chi connectivity index (χ3n) is 4.05. The molecule has 31 heavy (non-hydrogen) atoms. The van der Waals surface area contributed by atoms with E-state index in [-0.39, 0.29) is 22.0 Å². The summed E-state index contributed by atoms with van der Waals surface area (Å²) in [6.45, 7) is -0.218. The van der Waals surface area contributed by atoms with Crippen LogP contribution < -0.4 is 10.0 Å². The minimum absolute atomic E-state index is 0.167. The average Bonchev–Trinajstić information content (AvgIpc) is 3.26. The first-order chi connectivity index (χ1) is 14.7. The fraction of sp³-hybridized carbons (Fsp3) is 0.100. The Kier molecular flexibility index (Phi) is 7.22. The lowest BCUT2D eigenvalue weighted by atomic mass is 10.2. The zero-order chi connectivity index (χ0) is 22.6. The quantitative estimate of drug-likeness (QED) is 0.499. The summed E-state index contributed by atoms with van der Waals surface area (Å²) in [5.74, 6) is -0.870. The SMILES string of the molecule is CN(CC(=O)Nc1ccc(Cl)c(Cl)c1)C(=O)c1cccc(NS(=O)(=O)c2cccs2)c1. The number of anilines is 2. The van der Waals surface area contributed by atoms with Crippen LogP contribution in [0, 0.1) is 0 Å². The van der Waals surface area contributed by atoms with E-state index in [1.165, 1.54) is 30.1 Å². The molecule has 7 nitrogen and oxygen atoms in total. The van der Waals surface area contributed by atoms with Crippen molar-refractivity contribution in [3.63, 3.8) is 0 Å². The average molecular weight is 498 g/mol. The first-order valence-corrected chi connectivity index (χ1v) is 11.9. The van der Waals surface area contributed by atoms with Crippen molar-refractivity contribution in [2.75, 3.05) is 23.6 Å². The Morgan fingerprint density at radius 2 is 1.77 bits per heavy atom. The van der Waals surface area contributed by atoms with Gasteiger partial charge in [-0.15, -0.1) is 11.3 Å². The van der Waals surface area contributed by atoms with Gasteiger partial charge in [-0.25, -0.2) is 8.42 Å². The van der Waals surface area contributed by atoms with E-state index in [4.69, 9.17) is 23.2 Å². The van der Waals surface area contributed by atoms with Gasteiger partial charge < -0.3 is 10.2 Å². The first kappa shape index (κ1) is 23.1. The Labute approximate surface area is 193 Å². The Bertz CT molecular complexity index is 1210. The molecule has 0 aliphatic heterocycles. The highest BCUT2D eigenvalue weighted by Gasteiger charge is 2.18. The number of sulfonamides is 1. The summed E-state index contributed by atoms with van der Waals surface area (Å²) < 4.78 is 27.4. The van der Waals surface area contributed by atoms with E-state index >= 15 is 0 Å². The van der Waals surface area contributed by atoms with Crippen LogP contribution in [0.3, 0.4) is 0 Å². The van der Waals surface area contributed by atoms with Crippen LogP contribution in [0.4, 0.5) is 11.4 Å². The van der Waals surface area contributed by atoms with Gasteiger partial charge in [-0.2, -0.15) is 0 Å². The van der Waals surface area contributed by atoms with Gasteiger partial charge in [-0.1, -0.05) is 35.3 Å². The largest absolute Gasteiger partial charge is 0.332 e. The molecule has 1 heterocycles. The van der Waals surface area contributed by atoms with Crippen molar-refractivity contribution < 1.29 is 18.0 Å². The summed E-state index contributed by atoms with van der Waals surface area (Å²) in [5, 5.41) is 4.96. The van der Waals surface area contributed by atoms with Gasteiger partial charge in [0.25, 0.3) is 15.9 Å². The van der Waals surface area contributed by atoms with Gasteiger partial charge in [-0.3, -0.25) is 14.3 Å². The molecule has 162 valence electrons. The molecule has 2 amide bonds. The normalized spacial score (nSPS) is 11.1. The molecule has 2 aromatic carbocycles. The number of thiophene rings is 1. The Hall–Kier alpha value is -2.59. The van der Waals surface area contributed by atoms with Gasteiger partial charge >= 0.3 is 0 Å². The first-order valence-electron chi connectivity index (χ1n) is 8.82. The highest BCUT2D eigenvalue weighted by Crippen LogP contribution is 2.25. The molecule has 3 rings (SSSR count). The van der Waals surface area contributed by atoms with Crippen LogP contribution in [0.2, 0.25) is 10.0 Å². The maximum Gasteiger partial charge on any atom is 0.271 e. The Balaban J connectivity index is 1.65. The summed E-state index contributed by atoms with van der Waals surface area (Å²) in [4.78, 5) is 26.2. The molecule has 11 heteroatoms. The van der Waals surface area contributed by atoms with Gasteiger partial charge in [0, 0.05) is 24.0 Å². The van der Waals surface area contributed by atoms with Crippen molar-refractivity contribution in [3.8, 4) is 0 Å². The van der Waals surface area contributed by atoms with Gasteiger partial charge in [0.1, 0.15) is 4.21 Å². The second kappa shape index (κ2) is 9.69.